The summed E-state index contributed by atoms with van der Waals surface area (Å²) in [5.74, 6) is -1.08. The van der Waals surface area contributed by atoms with Crippen LogP contribution in [-0.4, -0.2) is 11.3 Å². The SMILES string of the molecule is CC(C)(N)C(=O)c1ccc(Cl)cc1F. The highest BCUT2D eigenvalue weighted by atomic mass is 35.5. The summed E-state index contributed by atoms with van der Waals surface area (Å²) in [6.07, 6.45) is 0. The first-order chi connectivity index (χ1) is 6.32. The fourth-order valence-electron chi connectivity index (χ4n) is 1.02. The van der Waals surface area contributed by atoms with Gasteiger partial charge in [0.25, 0.3) is 0 Å². The molecule has 0 aliphatic heterocycles. The third-order valence-corrected chi connectivity index (χ3v) is 2.00. The van der Waals surface area contributed by atoms with Crippen molar-refractivity contribution >= 4 is 17.4 Å². The van der Waals surface area contributed by atoms with Gasteiger partial charge in [0.1, 0.15) is 5.82 Å². The Morgan fingerprint density at radius 3 is 2.50 bits per heavy atom. The molecule has 4 heteroatoms. The van der Waals surface area contributed by atoms with Gasteiger partial charge in [-0.3, -0.25) is 4.79 Å². The van der Waals surface area contributed by atoms with E-state index in [2.05, 4.69) is 0 Å². The van der Waals surface area contributed by atoms with Gasteiger partial charge in [-0.2, -0.15) is 0 Å². The maximum Gasteiger partial charge on any atom is 0.184 e. The second kappa shape index (κ2) is 3.67. The summed E-state index contributed by atoms with van der Waals surface area (Å²) in [7, 11) is 0. The quantitative estimate of drug-likeness (QED) is 0.770. The number of halogens is 2. The molecule has 0 atom stereocenters. The lowest BCUT2D eigenvalue weighted by molar-refractivity contribution is 0.0909. The van der Waals surface area contributed by atoms with Gasteiger partial charge in [0.05, 0.1) is 11.1 Å². The summed E-state index contributed by atoms with van der Waals surface area (Å²) in [6, 6.07) is 3.90. The molecule has 76 valence electrons. The molecule has 0 saturated heterocycles. The van der Waals surface area contributed by atoms with Crippen LogP contribution >= 0.6 is 11.6 Å². The molecule has 14 heavy (non-hydrogen) atoms. The Balaban J connectivity index is 3.15. The monoisotopic (exact) mass is 215 g/mol. The number of Topliss-reactive ketones (excluding diaryl/α,β-unsaturated/α-hetero) is 1. The van der Waals surface area contributed by atoms with Crippen LogP contribution in [0.15, 0.2) is 18.2 Å². The molecule has 2 nitrogen and oxygen atoms in total. The second-order valence-corrected chi connectivity index (χ2v) is 4.11. The summed E-state index contributed by atoms with van der Waals surface area (Å²) < 4.78 is 13.3. The van der Waals surface area contributed by atoms with Gasteiger partial charge >= 0.3 is 0 Å². The predicted octanol–water partition coefficient (Wildman–Crippen LogP) is 2.40. The van der Waals surface area contributed by atoms with Gasteiger partial charge in [0, 0.05) is 5.02 Å². The summed E-state index contributed by atoms with van der Waals surface area (Å²) in [5, 5.41) is 0.258. The van der Waals surface area contributed by atoms with Crippen LogP contribution in [0.3, 0.4) is 0 Å². The zero-order valence-corrected chi connectivity index (χ0v) is 8.73. The number of ketones is 1. The largest absolute Gasteiger partial charge is 0.319 e. The van der Waals surface area contributed by atoms with Crippen molar-refractivity contribution in [1.29, 1.82) is 0 Å². The molecule has 0 spiro atoms. The molecule has 1 aromatic carbocycles. The van der Waals surface area contributed by atoms with E-state index in [-0.39, 0.29) is 10.6 Å². The summed E-state index contributed by atoms with van der Waals surface area (Å²) in [5.41, 5.74) is 4.47. The Kier molecular flexibility index (Phi) is 2.92. The third kappa shape index (κ3) is 2.30. The topological polar surface area (TPSA) is 43.1 Å². The normalized spacial score (nSPS) is 11.5. The van der Waals surface area contributed by atoms with E-state index in [1.165, 1.54) is 26.0 Å². The van der Waals surface area contributed by atoms with Gasteiger partial charge in [0.2, 0.25) is 0 Å². The first-order valence-electron chi connectivity index (χ1n) is 4.11. The molecule has 0 radical (unpaired) electrons. The van der Waals surface area contributed by atoms with Crippen molar-refractivity contribution in [2.75, 3.05) is 0 Å². The lowest BCUT2D eigenvalue weighted by Crippen LogP contribution is -2.41. The molecule has 0 saturated carbocycles. The Bertz CT molecular complexity index is 371. The summed E-state index contributed by atoms with van der Waals surface area (Å²) in [6.45, 7) is 3.06. The third-order valence-electron chi connectivity index (χ3n) is 1.76. The fraction of sp³-hybridized carbons (Fsp3) is 0.300. The smallest absolute Gasteiger partial charge is 0.184 e. The van der Waals surface area contributed by atoms with E-state index in [0.29, 0.717) is 0 Å². The molecule has 0 aromatic heterocycles. The van der Waals surface area contributed by atoms with Crippen LogP contribution in [0.5, 0.6) is 0 Å². The van der Waals surface area contributed by atoms with Crippen molar-refractivity contribution in [1.82, 2.24) is 0 Å². The first-order valence-corrected chi connectivity index (χ1v) is 4.49. The molecule has 1 rings (SSSR count). The van der Waals surface area contributed by atoms with E-state index in [0.717, 1.165) is 6.07 Å². The zero-order chi connectivity index (χ0) is 10.9. The van der Waals surface area contributed by atoms with E-state index in [9.17, 15) is 9.18 Å². The Hall–Kier alpha value is -0.930. The minimum absolute atomic E-state index is 0.0260. The number of carbonyl (C=O) groups is 1. The molecule has 0 heterocycles. The minimum Gasteiger partial charge on any atom is -0.319 e. The highest BCUT2D eigenvalue weighted by molar-refractivity contribution is 6.30. The lowest BCUT2D eigenvalue weighted by atomic mass is 9.94. The van der Waals surface area contributed by atoms with E-state index in [4.69, 9.17) is 17.3 Å². The Morgan fingerprint density at radius 1 is 1.50 bits per heavy atom. The van der Waals surface area contributed by atoms with Crippen LogP contribution in [0, 0.1) is 5.82 Å². The number of carbonyl (C=O) groups excluding carboxylic acids is 1. The molecule has 0 aliphatic carbocycles. The van der Waals surface area contributed by atoms with Crippen LogP contribution in [0.25, 0.3) is 0 Å². The van der Waals surface area contributed by atoms with Crippen LogP contribution < -0.4 is 5.73 Å². The maximum atomic E-state index is 13.3. The number of hydrogen-bond acceptors (Lipinski definition) is 2. The van der Waals surface area contributed by atoms with Gasteiger partial charge in [-0.1, -0.05) is 11.6 Å². The average molecular weight is 216 g/mol. The fourth-order valence-corrected chi connectivity index (χ4v) is 1.18. The molecular weight excluding hydrogens is 205 g/mol. The van der Waals surface area contributed by atoms with E-state index in [1.807, 2.05) is 0 Å². The van der Waals surface area contributed by atoms with Crippen LogP contribution in [0.2, 0.25) is 5.02 Å². The predicted molar refractivity (Wildman–Crippen MR) is 54.0 cm³/mol. The standard InChI is InChI=1S/C10H11ClFNO/c1-10(2,13)9(14)7-4-3-6(11)5-8(7)12/h3-5H,13H2,1-2H3. The van der Waals surface area contributed by atoms with E-state index in [1.54, 1.807) is 0 Å². The van der Waals surface area contributed by atoms with Gasteiger partial charge in [-0.15, -0.1) is 0 Å². The molecule has 0 fully saturated rings. The highest BCUT2D eigenvalue weighted by Gasteiger charge is 2.25. The molecule has 0 amide bonds. The van der Waals surface area contributed by atoms with Gasteiger partial charge < -0.3 is 5.73 Å². The van der Waals surface area contributed by atoms with Crippen molar-refractivity contribution in [2.24, 2.45) is 5.73 Å². The highest BCUT2D eigenvalue weighted by Crippen LogP contribution is 2.18. The lowest BCUT2D eigenvalue weighted by Gasteiger charge is -2.17. The van der Waals surface area contributed by atoms with Gasteiger partial charge in [-0.25, -0.2) is 4.39 Å². The number of rotatable bonds is 2. The number of benzene rings is 1. The van der Waals surface area contributed by atoms with E-state index >= 15 is 0 Å². The van der Waals surface area contributed by atoms with Crippen molar-refractivity contribution in [3.63, 3.8) is 0 Å². The zero-order valence-electron chi connectivity index (χ0n) is 7.97. The first kappa shape index (κ1) is 11.1. The molecule has 0 aliphatic rings. The van der Waals surface area contributed by atoms with Crippen LogP contribution in [0.1, 0.15) is 24.2 Å². The van der Waals surface area contributed by atoms with Gasteiger partial charge in [0.15, 0.2) is 5.78 Å². The Morgan fingerprint density at radius 2 is 2.07 bits per heavy atom. The van der Waals surface area contributed by atoms with Crippen molar-refractivity contribution in [2.45, 2.75) is 19.4 Å². The van der Waals surface area contributed by atoms with Crippen LogP contribution in [0.4, 0.5) is 4.39 Å². The van der Waals surface area contributed by atoms with E-state index < -0.39 is 17.1 Å². The molecule has 0 unspecified atom stereocenters. The molecular formula is C10H11ClFNO. The molecule has 2 N–H and O–H groups in total. The number of hydrogen-bond donors (Lipinski definition) is 1. The molecule has 0 bridgehead atoms. The Labute approximate surface area is 86.9 Å². The maximum absolute atomic E-state index is 13.3. The minimum atomic E-state index is -1.07. The van der Waals surface area contributed by atoms with Crippen molar-refractivity contribution in [3.8, 4) is 0 Å². The van der Waals surface area contributed by atoms with Crippen LogP contribution in [-0.2, 0) is 0 Å². The molecule has 1 aromatic rings. The second-order valence-electron chi connectivity index (χ2n) is 3.67. The average Bonchev–Trinajstić information content (AvgIpc) is 2.01. The summed E-state index contributed by atoms with van der Waals surface area (Å²) in [4.78, 5) is 11.6. The van der Waals surface area contributed by atoms with Gasteiger partial charge in [-0.05, 0) is 32.0 Å². The van der Waals surface area contributed by atoms with Crippen molar-refractivity contribution < 1.29 is 9.18 Å². The summed E-state index contributed by atoms with van der Waals surface area (Å²) >= 11 is 5.55. The van der Waals surface area contributed by atoms with Crippen molar-refractivity contribution in [3.05, 3.63) is 34.6 Å². The number of nitrogens with two attached hydrogens (primary N) is 1.